The third-order valence-corrected chi connectivity index (χ3v) is 4.23. The first-order valence-corrected chi connectivity index (χ1v) is 10.5. The summed E-state index contributed by atoms with van der Waals surface area (Å²) in [5, 5.41) is 0. The average molecular weight is 397 g/mol. The van der Waals surface area contributed by atoms with Crippen molar-refractivity contribution in [3.05, 3.63) is 0 Å². The van der Waals surface area contributed by atoms with E-state index in [1.54, 1.807) is 0 Å². The van der Waals surface area contributed by atoms with Crippen molar-refractivity contribution in [1.82, 2.24) is 0 Å². The minimum atomic E-state index is -4.31. The molecule has 0 aromatic carbocycles. The van der Waals surface area contributed by atoms with Crippen LogP contribution in [0.4, 0.5) is 0 Å². The molecule has 9 nitrogen and oxygen atoms in total. The highest BCUT2D eigenvalue weighted by atomic mass is 31.2. The van der Waals surface area contributed by atoms with E-state index in [1.165, 1.54) is 0 Å². The number of carbonyl (C=O) groups excluding carboxylic acids is 2. The van der Waals surface area contributed by atoms with Gasteiger partial charge in [-0.1, -0.05) is 33.1 Å². The molecule has 0 amide bonds. The van der Waals surface area contributed by atoms with Crippen LogP contribution in [0.1, 0.15) is 58.8 Å². The molecule has 0 heterocycles. The summed E-state index contributed by atoms with van der Waals surface area (Å²) in [5.41, 5.74) is 5.20. The van der Waals surface area contributed by atoms with Gasteiger partial charge in [0.1, 0.15) is 6.61 Å². The summed E-state index contributed by atoms with van der Waals surface area (Å²) in [4.78, 5) is 32.9. The highest BCUT2D eigenvalue weighted by Crippen LogP contribution is 2.43. The molecule has 0 bridgehead atoms. The van der Waals surface area contributed by atoms with Crippen molar-refractivity contribution in [3.8, 4) is 0 Å². The lowest BCUT2D eigenvalue weighted by atomic mass is 10.2. The minimum absolute atomic E-state index is 0.0543. The minimum Gasteiger partial charge on any atom is -0.462 e. The molecule has 1 unspecified atom stereocenters. The van der Waals surface area contributed by atoms with Gasteiger partial charge >= 0.3 is 19.8 Å². The monoisotopic (exact) mass is 397 g/mol. The summed E-state index contributed by atoms with van der Waals surface area (Å²) in [6.07, 6.45) is 3.57. The number of hydrogen-bond acceptors (Lipinski definition) is 8. The third-order valence-electron chi connectivity index (χ3n) is 3.24. The van der Waals surface area contributed by atoms with E-state index in [9.17, 15) is 19.0 Å². The number of rotatable bonds is 16. The molecule has 0 saturated heterocycles. The molecule has 0 aliphatic heterocycles. The van der Waals surface area contributed by atoms with Gasteiger partial charge in [-0.2, -0.15) is 0 Å². The largest absolute Gasteiger partial charge is 0.472 e. The third kappa shape index (κ3) is 14.2. The number of nitrogens with two attached hydrogens (primary N) is 1. The topological polar surface area (TPSA) is 134 Å². The predicted molar refractivity (Wildman–Crippen MR) is 95.3 cm³/mol. The Kier molecular flexibility index (Phi) is 14.5. The Morgan fingerprint density at radius 1 is 1.00 bits per heavy atom. The Morgan fingerprint density at radius 2 is 1.65 bits per heavy atom. The summed E-state index contributed by atoms with van der Waals surface area (Å²) < 4.78 is 31.3. The normalized spacial score (nSPS) is 14.5. The summed E-state index contributed by atoms with van der Waals surface area (Å²) in [6.45, 7) is 3.18. The van der Waals surface area contributed by atoms with Gasteiger partial charge in [0, 0.05) is 19.4 Å². The van der Waals surface area contributed by atoms with Gasteiger partial charge < -0.3 is 20.1 Å². The van der Waals surface area contributed by atoms with Crippen LogP contribution < -0.4 is 5.73 Å². The lowest BCUT2D eigenvalue weighted by Gasteiger charge is -2.19. The number of unbranched alkanes of at least 4 members (excludes halogenated alkanes) is 3. The van der Waals surface area contributed by atoms with Crippen LogP contribution in [0.3, 0.4) is 0 Å². The SMILES string of the molecule is CCCCCC(=O)OC[C@@H](COP(=O)(O)OCCN)OC(=O)CCCC. The molecule has 3 N–H and O–H groups in total. The van der Waals surface area contributed by atoms with Crippen molar-refractivity contribution in [2.24, 2.45) is 5.73 Å². The van der Waals surface area contributed by atoms with Crippen LogP contribution in [-0.4, -0.2) is 49.3 Å². The standard InChI is InChI=1S/C16H32NO8P/c1-3-5-7-9-15(18)22-12-14(25-16(19)8-6-4-2)13-24-26(20,21)23-11-10-17/h14H,3-13,17H2,1-2H3,(H,20,21)/t14-/m0/s1. The van der Waals surface area contributed by atoms with Crippen LogP contribution in [0, 0.1) is 0 Å². The predicted octanol–water partition coefficient (Wildman–Crippen LogP) is 2.30. The molecule has 0 spiro atoms. The molecule has 0 fully saturated rings. The van der Waals surface area contributed by atoms with Crippen molar-refractivity contribution < 1.29 is 37.6 Å². The Bertz CT molecular complexity index is 446. The zero-order valence-electron chi connectivity index (χ0n) is 15.7. The summed E-state index contributed by atoms with van der Waals surface area (Å²) in [6, 6.07) is 0. The van der Waals surface area contributed by atoms with E-state index >= 15 is 0 Å². The molecule has 26 heavy (non-hydrogen) atoms. The smallest absolute Gasteiger partial charge is 0.462 e. The van der Waals surface area contributed by atoms with E-state index in [1.807, 2.05) is 13.8 Å². The van der Waals surface area contributed by atoms with Gasteiger partial charge in [0.2, 0.25) is 0 Å². The van der Waals surface area contributed by atoms with Crippen molar-refractivity contribution in [2.75, 3.05) is 26.4 Å². The Morgan fingerprint density at radius 3 is 2.27 bits per heavy atom. The molecule has 0 aromatic heterocycles. The molecule has 0 rings (SSSR count). The highest BCUT2D eigenvalue weighted by Gasteiger charge is 2.25. The Labute approximate surface area is 155 Å². The molecule has 0 radical (unpaired) electrons. The van der Waals surface area contributed by atoms with Gasteiger partial charge in [-0.15, -0.1) is 0 Å². The molecule has 2 atom stereocenters. The van der Waals surface area contributed by atoms with Crippen molar-refractivity contribution in [3.63, 3.8) is 0 Å². The van der Waals surface area contributed by atoms with Crippen LogP contribution in [0.5, 0.6) is 0 Å². The molecule has 10 heteroatoms. The molecular weight excluding hydrogens is 365 g/mol. The van der Waals surface area contributed by atoms with Crippen LogP contribution in [-0.2, 0) is 32.7 Å². The first-order chi connectivity index (χ1) is 12.3. The summed E-state index contributed by atoms with van der Waals surface area (Å²) >= 11 is 0. The summed E-state index contributed by atoms with van der Waals surface area (Å²) in [5.74, 6) is -0.905. The van der Waals surface area contributed by atoms with E-state index in [0.717, 1.165) is 19.3 Å². The van der Waals surface area contributed by atoms with Crippen molar-refractivity contribution in [1.29, 1.82) is 0 Å². The molecule has 154 valence electrons. The van der Waals surface area contributed by atoms with E-state index in [4.69, 9.17) is 19.7 Å². The quantitative estimate of drug-likeness (QED) is 0.228. The second-order valence-electron chi connectivity index (χ2n) is 5.74. The Hall–Kier alpha value is -0.990. The van der Waals surface area contributed by atoms with Crippen LogP contribution in [0.15, 0.2) is 0 Å². The number of esters is 2. The second-order valence-corrected chi connectivity index (χ2v) is 7.20. The van der Waals surface area contributed by atoms with E-state index in [0.29, 0.717) is 12.8 Å². The zero-order chi connectivity index (χ0) is 19.8. The van der Waals surface area contributed by atoms with Crippen LogP contribution in [0.2, 0.25) is 0 Å². The number of phosphoric ester groups is 1. The van der Waals surface area contributed by atoms with E-state index in [-0.39, 0.29) is 32.6 Å². The van der Waals surface area contributed by atoms with Crippen LogP contribution >= 0.6 is 7.82 Å². The first-order valence-electron chi connectivity index (χ1n) is 9.01. The molecule has 0 aromatic rings. The highest BCUT2D eigenvalue weighted by molar-refractivity contribution is 7.47. The molecule has 0 aliphatic carbocycles. The fourth-order valence-corrected chi connectivity index (χ4v) is 2.61. The second kappa shape index (κ2) is 15.1. The lowest BCUT2D eigenvalue weighted by Crippen LogP contribution is -2.29. The van der Waals surface area contributed by atoms with Gasteiger partial charge in [0.25, 0.3) is 0 Å². The molecule has 0 saturated carbocycles. The molecular formula is C16H32NO8P. The number of phosphoric acid groups is 1. The first kappa shape index (κ1) is 25.0. The maximum absolute atomic E-state index is 11.8. The van der Waals surface area contributed by atoms with Gasteiger partial charge in [-0.05, 0) is 12.8 Å². The number of carbonyl (C=O) groups is 2. The lowest BCUT2D eigenvalue weighted by molar-refractivity contribution is -0.161. The fourth-order valence-electron chi connectivity index (χ4n) is 1.84. The summed E-state index contributed by atoms with van der Waals surface area (Å²) in [7, 11) is -4.31. The van der Waals surface area contributed by atoms with Crippen molar-refractivity contribution >= 4 is 19.8 Å². The average Bonchev–Trinajstić information content (AvgIpc) is 2.60. The zero-order valence-corrected chi connectivity index (χ0v) is 16.6. The molecule has 0 aliphatic rings. The Balaban J connectivity index is 4.51. The maximum Gasteiger partial charge on any atom is 0.472 e. The van der Waals surface area contributed by atoms with E-state index < -0.39 is 32.5 Å². The van der Waals surface area contributed by atoms with Crippen LogP contribution in [0.25, 0.3) is 0 Å². The maximum atomic E-state index is 11.8. The van der Waals surface area contributed by atoms with E-state index in [2.05, 4.69) is 4.52 Å². The van der Waals surface area contributed by atoms with Gasteiger partial charge in [0.15, 0.2) is 6.10 Å². The van der Waals surface area contributed by atoms with Gasteiger partial charge in [-0.25, -0.2) is 4.57 Å². The van der Waals surface area contributed by atoms with Gasteiger partial charge in [-0.3, -0.25) is 18.6 Å². The number of ether oxygens (including phenoxy) is 2. The van der Waals surface area contributed by atoms with Gasteiger partial charge in [0.05, 0.1) is 13.2 Å². The van der Waals surface area contributed by atoms with Crippen molar-refractivity contribution in [2.45, 2.75) is 64.9 Å². The number of hydrogen-bond donors (Lipinski definition) is 2. The fraction of sp³-hybridized carbons (Fsp3) is 0.875.